The van der Waals surface area contributed by atoms with Gasteiger partial charge in [-0.1, -0.05) is 23.7 Å². The Hall–Kier alpha value is -2.40. The van der Waals surface area contributed by atoms with Crippen LogP contribution < -0.4 is 10.6 Å². The maximum absolute atomic E-state index is 13.2. The zero-order valence-electron chi connectivity index (χ0n) is 13.2. The van der Waals surface area contributed by atoms with E-state index in [-0.39, 0.29) is 30.6 Å². The van der Waals surface area contributed by atoms with E-state index in [1.54, 1.807) is 43.3 Å². The molecule has 0 bridgehead atoms. The first kappa shape index (κ1) is 17.9. The predicted molar refractivity (Wildman–Crippen MR) is 91.4 cm³/mol. The van der Waals surface area contributed by atoms with Crippen LogP contribution in [-0.4, -0.2) is 18.4 Å². The van der Waals surface area contributed by atoms with Gasteiger partial charge in [0.15, 0.2) is 0 Å². The molecular weight excluding hydrogens is 331 g/mol. The molecule has 2 N–H and O–H groups in total. The predicted octanol–water partition coefficient (Wildman–Crippen LogP) is 3.22. The Morgan fingerprint density at radius 2 is 1.79 bits per heavy atom. The van der Waals surface area contributed by atoms with Crippen LogP contribution in [0.1, 0.15) is 27.9 Å². The number of halogens is 2. The lowest BCUT2D eigenvalue weighted by Gasteiger charge is -2.08. The summed E-state index contributed by atoms with van der Waals surface area (Å²) in [4.78, 5) is 23.6. The molecule has 2 rings (SSSR count). The summed E-state index contributed by atoms with van der Waals surface area (Å²) >= 11 is 5.76. The van der Waals surface area contributed by atoms with Crippen LogP contribution >= 0.6 is 11.6 Å². The van der Waals surface area contributed by atoms with Crippen molar-refractivity contribution in [2.24, 2.45) is 0 Å². The molecule has 0 radical (unpaired) electrons. The van der Waals surface area contributed by atoms with E-state index in [0.29, 0.717) is 22.7 Å². The van der Waals surface area contributed by atoms with Gasteiger partial charge in [0.25, 0.3) is 5.91 Å². The fraction of sp³-hybridized carbons (Fsp3) is 0.222. The van der Waals surface area contributed by atoms with E-state index in [2.05, 4.69) is 10.6 Å². The SMILES string of the molecule is Cc1cc(CNC(=O)CCNC(=O)c2ccc(Cl)cc2)ccc1F. The highest BCUT2D eigenvalue weighted by atomic mass is 35.5. The second-order valence-electron chi connectivity index (χ2n) is 5.37. The van der Waals surface area contributed by atoms with Gasteiger partial charge >= 0.3 is 0 Å². The van der Waals surface area contributed by atoms with Gasteiger partial charge in [0, 0.05) is 30.1 Å². The molecule has 0 heterocycles. The molecule has 0 unspecified atom stereocenters. The second-order valence-corrected chi connectivity index (χ2v) is 5.81. The first-order valence-electron chi connectivity index (χ1n) is 7.51. The molecule has 4 nitrogen and oxygen atoms in total. The van der Waals surface area contributed by atoms with Crippen molar-refractivity contribution < 1.29 is 14.0 Å². The van der Waals surface area contributed by atoms with Crippen molar-refractivity contribution in [3.8, 4) is 0 Å². The summed E-state index contributed by atoms with van der Waals surface area (Å²) in [5.74, 6) is -0.711. The molecule has 0 atom stereocenters. The molecule has 2 amide bonds. The van der Waals surface area contributed by atoms with Crippen molar-refractivity contribution in [2.45, 2.75) is 19.9 Å². The Bertz CT molecular complexity index is 732. The minimum Gasteiger partial charge on any atom is -0.352 e. The highest BCUT2D eigenvalue weighted by molar-refractivity contribution is 6.30. The summed E-state index contributed by atoms with van der Waals surface area (Å²) in [5, 5.41) is 5.97. The summed E-state index contributed by atoms with van der Waals surface area (Å²) in [6.07, 6.45) is 0.166. The van der Waals surface area contributed by atoms with E-state index in [4.69, 9.17) is 11.6 Å². The minimum absolute atomic E-state index is 0.166. The van der Waals surface area contributed by atoms with Gasteiger partial charge in [0.05, 0.1) is 0 Å². The average Bonchev–Trinajstić information content (AvgIpc) is 2.56. The van der Waals surface area contributed by atoms with Crippen LogP contribution in [-0.2, 0) is 11.3 Å². The number of benzene rings is 2. The van der Waals surface area contributed by atoms with E-state index >= 15 is 0 Å². The number of nitrogens with one attached hydrogen (secondary N) is 2. The Balaban J connectivity index is 1.72. The third-order valence-electron chi connectivity index (χ3n) is 3.46. The van der Waals surface area contributed by atoms with Crippen LogP contribution in [0.4, 0.5) is 4.39 Å². The van der Waals surface area contributed by atoms with Crippen molar-refractivity contribution in [1.82, 2.24) is 10.6 Å². The third-order valence-corrected chi connectivity index (χ3v) is 3.71. The van der Waals surface area contributed by atoms with E-state index in [1.165, 1.54) is 6.07 Å². The number of carbonyl (C=O) groups excluding carboxylic acids is 2. The summed E-state index contributed by atoms with van der Waals surface area (Å²) < 4.78 is 13.2. The molecule has 2 aromatic carbocycles. The monoisotopic (exact) mass is 348 g/mol. The summed E-state index contributed by atoms with van der Waals surface area (Å²) in [5.41, 5.74) is 1.85. The molecule has 24 heavy (non-hydrogen) atoms. The maximum atomic E-state index is 13.2. The largest absolute Gasteiger partial charge is 0.352 e. The minimum atomic E-state index is -0.269. The molecule has 0 spiro atoms. The fourth-order valence-corrected chi connectivity index (χ4v) is 2.22. The molecule has 0 aliphatic carbocycles. The molecular formula is C18H18ClFN2O2. The molecule has 0 aliphatic rings. The number of amides is 2. The highest BCUT2D eigenvalue weighted by Gasteiger charge is 2.07. The number of hydrogen-bond acceptors (Lipinski definition) is 2. The topological polar surface area (TPSA) is 58.2 Å². The van der Waals surface area contributed by atoms with Gasteiger partial charge < -0.3 is 10.6 Å². The van der Waals surface area contributed by atoms with Crippen molar-refractivity contribution in [2.75, 3.05) is 6.54 Å². The number of hydrogen-bond donors (Lipinski definition) is 2. The first-order valence-corrected chi connectivity index (χ1v) is 7.89. The summed E-state index contributed by atoms with van der Waals surface area (Å²) in [7, 11) is 0. The van der Waals surface area contributed by atoms with E-state index < -0.39 is 0 Å². The second kappa shape index (κ2) is 8.45. The van der Waals surface area contributed by atoms with Crippen LogP contribution in [0.2, 0.25) is 5.02 Å². The van der Waals surface area contributed by atoms with Gasteiger partial charge in [-0.05, 0) is 48.4 Å². The Morgan fingerprint density at radius 1 is 1.08 bits per heavy atom. The molecule has 126 valence electrons. The quantitative estimate of drug-likeness (QED) is 0.842. The Labute approximate surface area is 145 Å². The normalized spacial score (nSPS) is 10.3. The average molecular weight is 349 g/mol. The van der Waals surface area contributed by atoms with Gasteiger partial charge in [-0.15, -0.1) is 0 Å². The molecule has 0 saturated carbocycles. The zero-order valence-corrected chi connectivity index (χ0v) is 14.0. The molecule has 0 aromatic heterocycles. The zero-order chi connectivity index (χ0) is 17.5. The molecule has 0 aliphatic heterocycles. The van der Waals surface area contributed by atoms with Crippen LogP contribution in [0, 0.1) is 12.7 Å². The van der Waals surface area contributed by atoms with E-state index in [0.717, 1.165) is 5.56 Å². The van der Waals surface area contributed by atoms with Crippen molar-refractivity contribution in [1.29, 1.82) is 0 Å². The van der Waals surface area contributed by atoms with Gasteiger partial charge in [0.1, 0.15) is 5.82 Å². The number of aryl methyl sites for hydroxylation is 1. The molecule has 0 fully saturated rings. The maximum Gasteiger partial charge on any atom is 0.251 e. The van der Waals surface area contributed by atoms with E-state index in [1.807, 2.05) is 0 Å². The lowest BCUT2D eigenvalue weighted by atomic mass is 10.1. The van der Waals surface area contributed by atoms with Crippen molar-refractivity contribution >= 4 is 23.4 Å². The van der Waals surface area contributed by atoms with E-state index in [9.17, 15) is 14.0 Å². The highest BCUT2D eigenvalue weighted by Crippen LogP contribution is 2.10. The van der Waals surface area contributed by atoms with Gasteiger partial charge in [0.2, 0.25) is 5.91 Å². The summed E-state index contributed by atoms with van der Waals surface area (Å²) in [6.45, 7) is 2.23. The molecule has 6 heteroatoms. The van der Waals surface area contributed by atoms with Gasteiger partial charge in [-0.3, -0.25) is 9.59 Å². The molecule has 2 aromatic rings. The van der Waals surface area contributed by atoms with Crippen LogP contribution in [0.3, 0.4) is 0 Å². The van der Waals surface area contributed by atoms with Crippen LogP contribution in [0.15, 0.2) is 42.5 Å². The van der Waals surface area contributed by atoms with Crippen molar-refractivity contribution in [3.63, 3.8) is 0 Å². The number of carbonyl (C=O) groups is 2. The van der Waals surface area contributed by atoms with Gasteiger partial charge in [-0.2, -0.15) is 0 Å². The van der Waals surface area contributed by atoms with Crippen molar-refractivity contribution in [3.05, 3.63) is 70.0 Å². The fourth-order valence-electron chi connectivity index (χ4n) is 2.10. The first-order chi connectivity index (χ1) is 11.5. The lowest BCUT2D eigenvalue weighted by Crippen LogP contribution is -2.30. The van der Waals surface area contributed by atoms with Crippen LogP contribution in [0.25, 0.3) is 0 Å². The standard InChI is InChI=1S/C18H18ClFN2O2/c1-12-10-13(2-7-16(12)20)11-22-17(23)8-9-21-18(24)14-3-5-15(19)6-4-14/h2-7,10H,8-9,11H2,1H3,(H,21,24)(H,22,23). The van der Waals surface area contributed by atoms with Crippen LogP contribution in [0.5, 0.6) is 0 Å². The lowest BCUT2D eigenvalue weighted by molar-refractivity contribution is -0.121. The van der Waals surface area contributed by atoms with Gasteiger partial charge in [-0.25, -0.2) is 4.39 Å². The Kier molecular flexibility index (Phi) is 6.32. The number of rotatable bonds is 6. The smallest absolute Gasteiger partial charge is 0.251 e. The summed E-state index contributed by atoms with van der Waals surface area (Å²) in [6, 6.07) is 11.2. The Morgan fingerprint density at radius 3 is 2.46 bits per heavy atom. The third kappa shape index (κ3) is 5.35. The molecule has 0 saturated heterocycles.